The lowest BCUT2D eigenvalue weighted by Crippen LogP contribution is -2.15. The van der Waals surface area contributed by atoms with Crippen molar-refractivity contribution in [3.63, 3.8) is 0 Å². The third-order valence-electron chi connectivity index (χ3n) is 2.48. The van der Waals surface area contributed by atoms with Gasteiger partial charge in [-0.25, -0.2) is 12.8 Å². The number of nitrogen functional groups attached to an aromatic ring is 1. The Morgan fingerprint density at radius 2 is 1.85 bits per heavy atom. The van der Waals surface area contributed by atoms with Gasteiger partial charge in [-0.3, -0.25) is 4.72 Å². The summed E-state index contributed by atoms with van der Waals surface area (Å²) in [5, 5.41) is 0.485. The molecule has 0 heterocycles. The van der Waals surface area contributed by atoms with Crippen LogP contribution in [0.1, 0.15) is 0 Å². The van der Waals surface area contributed by atoms with Crippen LogP contribution in [-0.2, 0) is 10.0 Å². The zero-order valence-corrected chi connectivity index (χ0v) is 12.2. The molecule has 0 saturated heterocycles. The number of hydrogen-bond acceptors (Lipinski definition) is 3. The molecule has 0 saturated carbocycles. The molecule has 3 N–H and O–H groups in total. The monoisotopic (exact) mass is 334 g/mol. The Balaban J connectivity index is 2.44. The van der Waals surface area contributed by atoms with E-state index in [-0.39, 0.29) is 15.6 Å². The van der Waals surface area contributed by atoms with Gasteiger partial charge < -0.3 is 5.73 Å². The van der Waals surface area contributed by atoms with Gasteiger partial charge in [0.25, 0.3) is 10.0 Å². The summed E-state index contributed by atoms with van der Waals surface area (Å²) < 4.78 is 39.9. The summed E-state index contributed by atoms with van der Waals surface area (Å²) in [6, 6.07) is 7.78. The smallest absolute Gasteiger partial charge is 0.264 e. The van der Waals surface area contributed by atoms with Crippen molar-refractivity contribution in [2.75, 3.05) is 10.5 Å². The van der Waals surface area contributed by atoms with Gasteiger partial charge in [-0.05, 0) is 30.3 Å². The standard InChI is InChI=1S/C12H9Cl2FN2O2S/c13-7-4-5-10(8(14)6-7)17-20(18,19)11-3-1-2-9(15)12(11)16/h1-6,17H,16H2. The van der Waals surface area contributed by atoms with Crippen LogP contribution in [0, 0.1) is 5.82 Å². The average Bonchev–Trinajstić information content (AvgIpc) is 2.36. The minimum absolute atomic E-state index is 0.121. The largest absolute Gasteiger partial charge is 0.395 e. The molecular weight excluding hydrogens is 326 g/mol. The van der Waals surface area contributed by atoms with Crippen LogP contribution in [0.4, 0.5) is 15.8 Å². The Kier molecular flexibility index (Phi) is 4.08. The van der Waals surface area contributed by atoms with E-state index in [1.54, 1.807) is 0 Å². The van der Waals surface area contributed by atoms with Crippen LogP contribution < -0.4 is 10.5 Å². The third kappa shape index (κ3) is 2.98. The van der Waals surface area contributed by atoms with E-state index < -0.39 is 21.5 Å². The summed E-state index contributed by atoms with van der Waals surface area (Å²) in [4.78, 5) is -0.358. The zero-order valence-electron chi connectivity index (χ0n) is 9.90. The number of sulfonamides is 1. The normalized spacial score (nSPS) is 11.3. The molecule has 0 unspecified atom stereocenters. The number of nitrogens with one attached hydrogen (secondary N) is 1. The lowest BCUT2D eigenvalue weighted by Gasteiger charge is -2.11. The zero-order chi connectivity index (χ0) is 14.9. The number of nitrogens with two attached hydrogens (primary N) is 1. The van der Waals surface area contributed by atoms with Crippen molar-refractivity contribution in [1.29, 1.82) is 0 Å². The first kappa shape index (κ1) is 14.9. The maximum absolute atomic E-state index is 13.3. The van der Waals surface area contributed by atoms with Crippen molar-refractivity contribution in [1.82, 2.24) is 0 Å². The second-order valence-corrected chi connectivity index (χ2v) is 6.38. The van der Waals surface area contributed by atoms with Gasteiger partial charge >= 0.3 is 0 Å². The summed E-state index contributed by atoms with van der Waals surface area (Å²) in [5.74, 6) is -0.810. The number of halogens is 3. The van der Waals surface area contributed by atoms with Crippen molar-refractivity contribution >= 4 is 44.6 Å². The molecule has 4 nitrogen and oxygen atoms in total. The molecule has 0 bridgehead atoms. The lowest BCUT2D eigenvalue weighted by atomic mass is 10.3. The quantitative estimate of drug-likeness (QED) is 0.843. The Hall–Kier alpha value is -1.50. The van der Waals surface area contributed by atoms with Gasteiger partial charge in [0.05, 0.1) is 16.4 Å². The summed E-state index contributed by atoms with van der Waals surface area (Å²) in [7, 11) is -4.04. The number of hydrogen-bond donors (Lipinski definition) is 2. The SMILES string of the molecule is Nc1c(F)cccc1S(=O)(=O)Nc1ccc(Cl)cc1Cl. The van der Waals surface area contributed by atoms with Crippen LogP contribution in [0.3, 0.4) is 0 Å². The number of benzene rings is 2. The molecule has 0 fully saturated rings. The van der Waals surface area contributed by atoms with Crippen LogP contribution in [0.5, 0.6) is 0 Å². The molecule has 2 aromatic rings. The minimum Gasteiger partial charge on any atom is -0.395 e. The maximum atomic E-state index is 13.3. The van der Waals surface area contributed by atoms with Crippen LogP contribution in [0.15, 0.2) is 41.3 Å². The van der Waals surface area contributed by atoms with Crippen molar-refractivity contribution < 1.29 is 12.8 Å². The van der Waals surface area contributed by atoms with Crippen molar-refractivity contribution in [2.24, 2.45) is 0 Å². The first-order valence-corrected chi connectivity index (χ1v) is 7.57. The third-order valence-corrected chi connectivity index (χ3v) is 4.45. The molecule has 0 radical (unpaired) electrons. The molecule has 0 atom stereocenters. The number of para-hydroxylation sites is 1. The van der Waals surface area contributed by atoms with Crippen molar-refractivity contribution in [3.05, 3.63) is 52.3 Å². The van der Waals surface area contributed by atoms with Crippen LogP contribution >= 0.6 is 23.2 Å². The molecule has 2 rings (SSSR count). The van der Waals surface area contributed by atoms with E-state index in [0.717, 1.165) is 6.07 Å². The van der Waals surface area contributed by atoms with Gasteiger partial charge in [0.1, 0.15) is 10.7 Å². The fraction of sp³-hybridized carbons (Fsp3) is 0. The maximum Gasteiger partial charge on any atom is 0.264 e. The Morgan fingerprint density at radius 3 is 2.50 bits per heavy atom. The Labute approximate surface area is 125 Å². The van der Waals surface area contributed by atoms with Crippen LogP contribution in [-0.4, -0.2) is 8.42 Å². The van der Waals surface area contributed by atoms with Crippen molar-refractivity contribution in [3.8, 4) is 0 Å². The van der Waals surface area contributed by atoms with Crippen LogP contribution in [0.2, 0.25) is 10.0 Å². The molecule has 2 aromatic carbocycles. The lowest BCUT2D eigenvalue weighted by molar-refractivity contribution is 0.597. The Bertz CT molecular complexity index is 766. The predicted molar refractivity (Wildman–Crippen MR) is 78.1 cm³/mol. The number of anilines is 2. The molecule has 0 aliphatic carbocycles. The van der Waals surface area contributed by atoms with E-state index in [4.69, 9.17) is 28.9 Å². The van der Waals surface area contributed by atoms with E-state index in [9.17, 15) is 12.8 Å². The van der Waals surface area contributed by atoms with E-state index in [2.05, 4.69) is 4.72 Å². The molecule has 8 heteroatoms. The van der Waals surface area contributed by atoms with Gasteiger partial charge in [-0.15, -0.1) is 0 Å². The molecular formula is C12H9Cl2FN2O2S. The van der Waals surface area contributed by atoms with E-state index in [1.165, 1.54) is 30.3 Å². The van der Waals surface area contributed by atoms with Gasteiger partial charge in [-0.1, -0.05) is 29.3 Å². The van der Waals surface area contributed by atoms with Gasteiger partial charge in [0, 0.05) is 5.02 Å². The second kappa shape index (κ2) is 5.47. The number of rotatable bonds is 3. The van der Waals surface area contributed by atoms with E-state index in [0.29, 0.717) is 5.02 Å². The molecule has 0 amide bonds. The highest BCUT2D eigenvalue weighted by molar-refractivity contribution is 7.92. The fourth-order valence-electron chi connectivity index (χ4n) is 1.52. The topological polar surface area (TPSA) is 72.2 Å². The predicted octanol–water partition coefficient (Wildman–Crippen LogP) is 3.52. The molecule has 106 valence electrons. The van der Waals surface area contributed by atoms with Gasteiger partial charge in [0.2, 0.25) is 0 Å². The molecule has 0 aliphatic heterocycles. The summed E-state index contributed by atoms with van der Waals surface area (Å²) in [6.45, 7) is 0. The van der Waals surface area contributed by atoms with E-state index in [1.807, 2.05) is 0 Å². The van der Waals surface area contributed by atoms with E-state index >= 15 is 0 Å². The van der Waals surface area contributed by atoms with Crippen LogP contribution in [0.25, 0.3) is 0 Å². The molecule has 0 spiro atoms. The first-order valence-electron chi connectivity index (χ1n) is 5.33. The highest BCUT2D eigenvalue weighted by Gasteiger charge is 2.20. The Morgan fingerprint density at radius 1 is 1.15 bits per heavy atom. The summed E-state index contributed by atoms with van der Waals surface area (Å²) in [6.07, 6.45) is 0. The molecule has 0 aromatic heterocycles. The first-order chi connectivity index (χ1) is 9.31. The average molecular weight is 335 g/mol. The molecule has 20 heavy (non-hydrogen) atoms. The fourth-order valence-corrected chi connectivity index (χ4v) is 3.26. The van der Waals surface area contributed by atoms with Gasteiger partial charge in [-0.2, -0.15) is 0 Å². The highest BCUT2D eigenvalue weighted by Crippen LogP contribution is 2.29. The second-order valence-electron chi connectivity index (χ2n) is 3.88. The summed E-state index contributed by atoms with van der Waals surface area (Å²) in [5.41, 5.74) is 5.11. The van der Waals surface area contributed by atoms with Crippen molar-refractivity contribution in [2.45, 2.75) is 4.90 Å². The molecule has 0 aliphatic rings. The van der Waals surface area contributed by atoms with Gasteiger partial charge in [0.15, 0.2) is 0 Å². The summed E-state index contributed by atoms with van der Waals surface area (Å²) >= 11 is 11.6. The minimum atomic E-state index is -4.04. The highest BCUT2D eigenvalue weighted by atomic mass is 35.5.